The predicted octanol–water partition coefficient (Wildman–Crippen LogP) is 1.55. The number of rotatable bonds is 5. The fourth-order valence-electron chi connectivity index (χ4n) is 2.11. The molecule has 1 rings (SSSR count). The van der Waals surface area contributed by atoms with Crippen LogP contribution in [0, 0.1) is 0 Å². The Morgan fingerprint density at radius 3 is 2.73 bits per heavy atom. The first kappa shape index (κ1) is 12.2. The summed E-state index contributed by atoms with van der Waals surface area (Å²) in [4.78, 5) is 13.9. The normalized spacial score (nSPS) is 17.4. The summed E-state index contributed by atoms with van der Waals surface area (Å²) in [5.41, 5.74) is 0. The predicted molar refractivity (Wildman–Crippen MR) is 62.7 cm³/mol. The van der Waals surface area contributed by atoms with Gasteiger partial charge in [-0.3, -0.25) is 4.79 Å². The maximum absolute atomic E-state index is 11.9. The van der Waals surface area contributed by atoms with E-state index in [4.69, 9.17) is 0 Å². The molecule has 86 valence electrons. The number of piperidine rings is 1. The maximum atomic E-state index is 11.9. The number of hydrogen-bond donors (Lipinski definition) is 1. The molecule has 1 fully saturated rings. The Morgan fingerprint density at radius 1 is 1.53 bits per heavy atom. The third-order valence-electron chi connectivity index (χ3n) is 2.85. The van der Waals surface area contributed by atoms with E-state index in [-0.39, 0.29) is 5.91 Å². The molecule has 0 atom stereocenters. The summed E-state index contributed by atoms with van der Waals surface area (Å²) in [6.45, 7) is 8.70. The van der Waals surface area contributed by atoms with Crippen LogP contribution in [0.2, 0.25) is 0 Å². The molecule has 1 saturated heterocycles. The Balaban J connectivity index is 2.53. The minimum absolute atomic E-state index is 0.235. The van der Waals surface area contributed by atoms with Gasteiger partial charge in [-0.15, -0.1) is 6.58 Å². The SMILES string of the molecule is C=CCC(=O)N(CCC)C1CCNCC1. The lowest BCUT2D eigenvalue weighted by Crippen LogP contribution is -2.46. The molecule has 0 aliphatic carbocycles. The molecular weight excluding hydrogens is 188 g/mol. The molecular formula is C12H22N2O. The van der Waals surface area contributed by atoms with Crippen LogP contribution >= 0.6 is 0 Å². The number of carbonyl (C=O) groups excluding carboxylic acids is 1. The molecule has 0 saturated carbocycles. The largest absolute Gasteiger partial charge is 0.339 e. The zero-order valence-corrected chi connectivity index (χ0v) is 9.67. The van der Waals surface area contributed by atoms with Crippen molar-refractivity contribution in [3.63, 3.8) is 0 Å². The summed E-state index contributed by atoms with van der Waals surface area (Å²) in [5.74, 6) is 0.235. The Bertz CT molecular complexity index is 210. The van der Waals surface area contributed by atoms with Crippen LogP contribution in [0.15, 0.2) is 12.7 Å². The first-order valence-electron chi connectivity index (χ1n) is 5.90. The second-order valence-corrected chi connectivity index (χ2v) is 4.06. The molecule has 0 bridgehead atoms. The van der Waals surface area contributed by atoms with E-state index >= 15 is 0 Å². The molecule has 1 aliphatic heterocycles. The van der Waals surface area contributed by atoms with E-state index in [9.17, 15) is 4.79 Å². The molecule has 3 nitrogen and oxygen atoms in total. The molecule has 1 amide bonds. The highest BCUT2D eigenvalue weighted by Crippen LogP contribution is 2.13. The summed E-state index contributed by atoms with van der Waals surface area (Å²) in [5, 5.41) is 3.32. The Kier molecular flexibility index (Phi) is 5.40. The minimum Gasteiger partial charge on any atom is -0.339 e. The van der Waals surface area contributed by atoms with Crippen LogP contribution in [-0.4, -0.2) is 36.5 Å². The van der Waals surface area contributed by atoms with Crippen molar-refractivity contribution in [1.82, 2.24) is 10.2 Å². The van der Waals surface area contributed by atoms with Crippen molar-refractivity contribution < 1.29 is 4.79 Å². The van der Waals surface area contributed by atoms with Crippen LogP contribution in [0.5, 0.6) is 0 Å². The van der Waals surface area contributed by atoms with Crippen molar-refractivity contribution in [1.29, 1.82) is 0 Å². The summed E-state index contributed by atoms with van der Waals surface area (Å²) in [7, 11) is 0. The van der Waals surface area contributed by atoms with Gasteiger partial charge < -0.3 is 10.2 Å². The molecule has 0 radical (unpaired) electrons. The van der Waals surface area contributed by atoms with Gasteiger partial charge in [-0.25, -0.2) is 0 Å². The third kappa shape index (κ3) is 3.67. The molecule has 0 spiro atoms. The average molecular weight is 210 g/mol. The van der Waals surface area contributed by atoms with Gasteiger partial charge in [0.05, 0.1) is 0 Å². The number of amides is 1. The van der Waals surface area contributed by atoms with Gasteiger partial charge in [-0.1, -0.05) is 13.0 Å². The zero-order valence-electron chi connectivity index (χ0n) is 9.67. The van der Waals surface area contributed by atoms with Crippen LogP contribution in [0.25, 0.3) is 0 Å². The standard InChI is InChI=1S/C12H22N2O/c1-3-5-12(15)14(10-4-2)11-6-8-13-9-7-11/h3,11,13H,1,4-10H2,2H3. The van der Waals surface area contributed by atoms with E-state index in [1.54, 1.807) is 6.08 Å². The molecule has 1 aliphatic rings. The quantitative estimate of drug-likeness (QED) is 0.698. The van der Waals surface area contributed by atoms with Gasteiger partial charge >= 0.3 is 0 Å². The van der Waals surface area contributed by atoms with Crippen molar-refractivity contribution in [3.8, 4) is 0 Å². The highest BCUT2D eigenvalue weighted by molar-refractivity contribution is 5.77. The zero-order chi connectivity index (χ0) is 11.1. The van der Waals surface area contributed by atoms with Gasteiger partial charge in [0.1, 0.15) is 0 Å². The second-order valence-electron chi connectivity index (χ2n) is 4.06. The van der Waals surface area contributed by atoms with Crippen molar-refractivity contribution in [3.05, 3.63) is 12.7 Å². The fourth-order valence-corrected chi connectivity index (χ4v) is 2.11. The fraction of sp³-hybridized carbons (Fsp3) is 0.750. The Labute approximate surface area is 92.5 Å². The topological polar surface area (TPSA) is 32.3 Å². The van der Waals surface area contributed by atoms with Crippen molar-refractivity contribution in [2.45, 2.75) is 38.6 Å². The molecule has 3 heteroatoms. The monoisotopic (exact) mass is 210 g/mol. The van der Waals surface area contributed by atoms with Gasteiger partial charge in [-0.05, 0) is 32.4 Å². The molecule has 0 unspecified atom stereocenters. The lowest BCUT2D eigenvalue weighted by molar-refractivity contribution is -0.133. The lowest BCUT2D eigenvalue weighted by Gasteiger charge is -2.34. The third-order valence-corrected chi connectivity index (χ3v) is 2.85. The van der Waals surface area contributed by atoms with Crippen molar-refractivity contribution >= 4 is 5.91 Å². The average Bonchev–Trinajstić information content (AvgIpc) is 2.27. The summed E-state index contributed by atoms with van der Waals surface area (Å²) >= 11 is 0. The van der Waals surface area contributed by atoms with Gasteiger partial charge in [-0.2, -0.15) is 0 Å². The molecule has 0 aromatic carbocycles. The first-order valence-corrected chi connectivity index (χ1v) is 5.90. The van der Waals surface area contributed by atoms with Crippen molar-refractivity contribution in [2.24, 2.45) is 0 Å². The number of hydrogen-bond acceptors (Lipinski definition) is 2. The van der Waals surface area contributed by atoms with E-state index in [0.29, 0.717) is 12.5 Å². The Hall–Kier alpha value is -0.830. The highest BCUT2D eigenvalue weighted by atomic mass is 16.2. The van der Waals surface area contributed by atoms with Crippen LogP contribution in [0.1, 0.15) is 32.6 Å². The van der Waals surface area contributed by atoms with Crippen LogP contribution in [-0.2, 0) is 4.79 Å². The van der Waals surface area contributed by atoms with Gasteiger partial charge in [0, 0.05) is 19.0 Å². The van der Waals surface area contributed by atoms with Crippen LogP contribution < -0.4 is 5.32 Å². The van der Waals surface area contributed by atoms with E-state index in [0.717, 1.165) is 38.9 Å². The second kappa shape index (κ2) is 6.62. The van der Waals surface area contributed by atoms with E-state index < -0.39 is 0 Å². The smallest absolute Gasteiger partial charge is 0.226 e. The summed E-state index contributed by atoms with van der Waals surface area (Å²) in [6, 6.07) is 0.443. The molecule has 1 N–H and O–H groups in total. The molecule has 0 aromatic heterocycles. The van der Waals surface area contributed by atoms with Gasteiger partial charge in [0.25, 0.3) is 0 Å². The number of nitrogens with zero attached hydrogens (tertiary/aromatic N) is 1. The Morgan fingerprint density at radius 2 is 2.20 bits per heavy atom. The number of carbonyl (C=O) groups is 1. The highest BCUT2D eigenvalue weighted by Gasteiger charge is 2.23. The summed E-state index contributed by atoms with van der Waals surface area (Å²) in [6.07, 6.45) is 5.38. The van der Waals surface area contributed by atoms with E-state index in [1.807, 2.05) is 4.90 Å². The number of nitrogens with one attached hydrogen (secondary N) is 1. The molecule has 0 aromatic rings. The van der Waals surface area contributed by atoms with Crippen LogP contribution in [0.3, 0.4) is 0 Å². The minimum atomic E-state index is 0.235. The first-order chi connectivity index (χ1) is 7.29. The van der Waals surface area contributed by atoms with Gasteiger partial charge in [0.15, 0.2) is 0 Å². The molecule has 15 heavy (non-hydrogen) atoms. The lowest BCUT2D eigenvalue weighted by atomic mass is 10.0. The van der Waals surface area contributed by atoms with Crippen LogP contribution in [0.4, 0.5) is 0 Å². The molecule has 1 heterocycles. The van der Waals surface area contributed by atoms with E-state index in [1.165, 1.54) is 0 Å². The maximum Gasteiger partial charge on any atom is 0.226 e. The van der Waals surface area contributed by atoms with Gasteiger partial charge in [0.2, 0.25) is 5.91 Å². The van der Waals surface area contributed by atoms with Crippen molar-refractivity contribution in [2.75, 3.05) is 19.6 Å². The summed E-state index contributed by atoms with van der Waals surface area (Å²) < 4.78 is 0. The van der Waals surface area contributed by atoms with E-state index in [2.05, 4.69) is 18.8 Å².